The lowest BCUT2D eigenvalue weighted by molar-refractivity contribution is 0.246. The average Bonchev–Trinajstić information content (AvgIpc) is 2.47. The first-order chi connectivity index (χ1) is 10.1. The Bertz CT molecular complexity index is 610. The Morgan fingerprint density at radius 2 is 1.90 bits per heavy atom. The molecule has 0 aromatic heterocycles. The SMILES string of the molecule is CCN(C(=O)NCc1ccc(Cl)cc1)c1cccc(C)c1. The lowest BCUT2D eigenvalue weighted by atomic mass is 10.2. The van der Waals surface area contributed by atoms with E-state index >= 15 is 0 Å². The normalized spacial score (nSPS) is 10.2. The van der Waals surface area contributed by atoms with E-state index in [-0.39, 0.29) is 6.03 Å². The molecule has 1 N–H and O–H groups in total. The highest BCUT2D eigenvalue weighted by atomic mass is 35.5. The van der Waals surface area contributed by atoms with E-state index in [2.05, 4.69) is 5.32 Å². The third-order valence-corrected chi connectivity index (χ3v) is 3.48. The minimum Gasteiger partial charge on any atom is -0.334 e. The fourth-order valence-corrected chi connectivity index (χ4v) is 2.24. The summed E-state index contributed by atoms with van der Waals surface area (Å²) in [5.41, 5.74) is 3.07. The summed E-state index contributed by atoms with van der Waals surface area (Å²) >= 11 is 5.85. The van der Waals surface area contributed by atoms with Crippen LogP contribution >= 0.6 is 11.6 Å². The number of aryl methyl sites for hydroxylation is 1. The molecule has 0 fully saturated rings. The molecule has 0 heterocycles. The number of urea groups is 1. The van der Waals surface area contributed by atoms with E-state index in [1.165, 1.54) is 0 Å². The molecule has 0 saturated carbocycles. The van der Waals surface area contributed by atoms with E-state index in [9.17, 15) is 4.79 Å². The van der Waals surface area contributed by atoms with Gasteiger partial charge in [0.15, 0.2) is 0 Å². The summed E-state index contributed by atoms with van der Waals surface area (Å²) in [6.07, 6.45) is 0. The molecule has 0 saturated heterocycles. The number of rotatable bonds is 4. The molecular formula is C17H19ClN2O. The summed E-state index contributed by atoms with van der Waals surface area (Å²) in [5, 5.41) is 3.63. The topological polar surface area (TPSA) is 32.3 Å². The molecule has 2 aromatic rings. The maximum Gasteiger partial charge on any atom is 0.322 e. The quantitative estimate of drug-likeness (QED) is 0.893. The fraction of sp³-hybridized carbons (Fsp3) is 0.235. The van der Waals surface area contributed by atoms with Crippen LogP contribution in [0, 0.1) is 6.92 Å². The van der Waals surface area contributed by atoms with Crippen LogP contribution in [-0.4, -0.2) is 12.6 Å². The summed E-state index contributed by atoms with van der Waals surface area (Å²) in [5.74, 6) is 0. The molecule has 2 amide bonds. The predicted molar refractivity (Wildman–Crippen MR) is 87.9 cm³/mol. The second kappa shape index (κ2) is 7.14. The number of nitrogens with zero attached hydrogens (tertiary/aromatic N) is 1. The highest BCUT2D eigenvalue weighted by Crippen LogP contribution is 2.16. The second-order valence-electron chi connectivity index (χ2n) is 4.87. The second-order valence-corrected chi connectivity index (χ2v) is 5.30. The summed E-state index contributed by atoms with van der Waals surface area (Å²) in [6, 6.07) is 15.3. The fourth-order valence-electron chi connectivity index (χ4n) is 2.11. The third kappa shape index (κ3) is 4.23. The van der Waals surface area contributed by atoms with Crippen molar-refractivity contribution < 1.29 is 4.79 Å². The van der Waals surface area contributed by atoms with Gasteiger partial charge in [-0.25, -0.2) is 4.79 Å². The molecule has 2 rings (SSSR count). The number of anilines is 1. The molecule has 0 spiro atoms. The Kier molecular flexibility index (Phi) is 5.23. The van der Waals surface area contributed by atoms with Crippen molar-refractivity contribution in [3.05, 3.63) is 64.7 Å². The molecule has 4 heteroatoms. The number of hydrogen-bond donors (Lipinski definition) is 1. The van der Waals surface area contributed by atoms with Crippen molar-refractivity contribution in [2.75, 3.05) is 11.4 Å². The van der Waals surface area contributed by atoms with Crippen LogP contribution in [0.5, 0.6) is 0 Å². The number of nitrogens with one attached hydrogen (secondary N) is 1. The number of carbonyl (C=O) groups excluding carboxylic acids is 1. The zero-order chi connectivity index (χ0) is 15.2. The molecule has 2 aromatic carbocycles. The highest BCUT2D eigenvalue weighted by Gasteiger charge is 2.13. The summed E-state index contributed by atoms with van der Waals surface area (Å²) < 4.78 is 0. The Hall–Kier alpha value is -2.00. The standard InChI is InChI=1S/C17H19ClN2O/c1-3-20(16-6-4-5-13(2)11-16)17(21)19-12-14-7-9-15(18)10-8-14/h4-11H,3,12H2,1-2H3,(H,19,21). The minimum atomic E-state index is -0.0990. The van der Waals surface area contributed by atoms with Gasteiger partial charge in [-0.1, -0.05) is 35.9 Å². The molecule has 0 atom stereocenters. The number of carbonyl (C=O) groups is 1. The first kappa shape index (κ1) is 15.4. The predicted octanol–water partition coefficient (Wildman–Crippen LogP) is 4.38. The van der Waals surface area contributed by atoms with Crippen molar-refractivity contribution in [1.82, 2.24) is 5.32 Å². The van der Waals surface area contributed by atoms with Crippen LogP contribution in [0.4, 0.5) is 10.5 Å². The van der Waals surface area contributed by atoms with Crippen LogP contribution in [-0.2, 0) is 6.54 Å². The van der Waals surface area contributed by atoms with Gasteiger partial charge in [0.25, 0.3) is 0 Å². The van der Waals surface area contributed by atoms with Gasteiger partial charge in [0.05, 0.1) is 0 Å². The molecule has 0 bridgehead atoms. The van der Waals surface area contributed by atoms with Crippen LogP contribution < -0.4 is 10.2 Å². The zero-order valence-corrected chi connectivity index (χ0v) is 13.0. The molecule has 0 unspecified atom stereocenters. The Labute approximate surface area is 130 Å². The van der Waals surface area contributed by atoms with Crippen LogP contribution in [0.1, 0.15) is 18.1 Å². The van der Waals surface area contributed by atoms with Gasteiger partial charge < -0.3 is 5.32 Å². The van der Waals surface area contributed by atoms with E-state index in [1.54, 1.807) is 4.90 Å². The number of amides is 2. The van der Waals surface area contributed by atoms with Crippen LogP contribution in [0.15, 0.2) is 48.5 Å². The van der Waals surface area contributed by atoms with Crippen LogP contribution in [0.25, 0.3) is 0 Å². The Balaban J connectivity index is 2.02. The first-order valence-electron chi connectivity index (χ1n) is 6.96. The van der Waals surface area contributed by atoms with Gasteiger partial charge in [-0.3, -0.25) is 4.90 Å². The van der Waals surface area contributed by atoms with Crippen LogP contribution in [0.2, 0.25) is 5.02 Å². The summed E-state index contributed by atoms with van der Waals surface area (Å²) in [7, 11) is 0. The van der Waals surface area contributed by atoms with Crippen molar-refractivity contribution in [3.8, 4) is 0 Å². The van der Waals surface area contributed by atoms with Crippen LogP contribution in [0.3, 0.4) is 0 Å². The minimum absolute atomic E-state index is 0.0990. The van der Waals surface area contributed by atoms with Gasteiger partial charge in [0.1, 0.15) is 0 Å². The van der Waals surface area contributed by atoms with Crippen molar-refractivity contribution in [3.63, 3.8) is 0 Å². The number of benzene rings is 2. The highest BCUT2D eigenvalue weighted by molar-refractivity contribution is 6.30. The van der Waals surface area contributed by atoms with Gasteiger partial charge in [0.2, 0.25) is 0 Å². The molecule has 0 aliphatic rings. The van der Waals surface area contributed by atoms with Gasteiger partial charge in [0, 0.05) is 23.8 Å². The maximum absolute atomic E-state index is 12.3. The molecule has 0 aliphatic carbocycles. The van der Waals surface area contributed by atoms with Gasteiger partial charge in [-0.15, -0.1) is 0 Å². The lowest BCUT2D eigenvalue weighted by Gasteiger charge is -2.22. The lowest BCUT2D eigenvalue weighted by Crippen LogP contribution is -2.39. The monoisotopic (exact) mass is 302 g/mol. The molecule has 21 heavy (non-hydrogen) atoms. The Morgan fingerprint density at radius 1 is 1.19 bits per heavy atom. The number of halogens is 1. The summed E-state index contributed by atoms with van der Waals surface area (Å²) in [4.78, 5) is 14.0. The Morgan fingerprint density at radius 3 is 2.52 bits per heavy atom. The van der Waals surface area contributed by atoms with E-state index in [0.29, 0.717) is 18.1 Å². The van der Waals surface area contributed by atoms with Gasteiger partial charge in [-0.05, 0) is 49.2 Å². The van der Waals surface area contributed by atoms with E-state index in [4.69, 9.17) is 11.6 Å². The average molecular weight is 303 g/mol. The smallest absolute Gasteiger partial charge is 0.322 e. The van der Waals surface area contributed by atoms with Crippen molar-refractivity contribution in [2.24, 2.45) is 0 Å². The van der Waals surface area contributed by atoms with E-state index in [1.807, 2.05) is 62.4 Å². The van der Waals surface area contributed by atoms with Gasteiger partial charge >= 0.3 is 6.03 Å². The molecule has 3 nitrogen and oxygen atoms in total. The summed E-state index contributed by atoms with van der Waals surface area (Å²) in [6.45, 7) is 5.08. The van der Waals surface area contributed by atoms with E-state index < -0.39 is 0 Å². The van der Waals surface area contributed by atoms with E-state index in [0.717, 1.165) is 16.8 Å². The van der Waals surface area contributed by atoms with Crippen molar-refractivity contribution in [1.29, 1.82) is 0 Å². The third-order valence-electron chi connectivity index (χ3n) is 3.23. The zero-order valence-electron chi connectivity index (χ0n) is 12.3. The number of hydrogen-bond acceptors (Lipinski definition) is 1. The maximum atomic E-state index is 12.3. The van der Waals surface area contributed by atoms with Crippen molar-refractivity contribution in [2.45, 2.75) is 20.4 Å². The molecule has 0 aliphatic heterocycles. The first-order valence-corrected chi connectivity index (χ1v) is 7.34. The molecular weight excluding hydrogens is 284 g/mol. The largest absolute Gasteiger partial charge is 0.334 e. The van der Waals surface area contributed by atoms with Crippen molar-refractivity contribution >= 4 is 23.3 Å². The molecule has 0 radical (unpaired) electrons. The van der Waals surface area contributed by atoms with Gasteiger partial charge in [-0.2, -0.15) is 0 Å². The molecule has 110 valence electrons.